The molecule has 1 N–H and O–H groups in total. The molecule has 7 nitrogen and oxygen atoms in total. The number of anilines is 1. The van der Waals surface area contributed by atoms with E-state index in [2.05, 4.69) is 5.32 Å². The monoisotopic (exact) mass is 661 g/mol. The maximum absolute atomic E-state index is 15.1. The van der Waals surface area contributed by atoms with E-state index in [0.717, 1.165) is 41.1 Å². The zero-order chi connectivity index (χ0) is 32.7. The molecule has 0 bridgehead atoms. The number of halogens is 2. The molecule has 2 amide bonds. The van der Waals surface area contributed by atoms with Crippen LogP contribution in [-0.2, 0) is 32.6 Å². The van der Waals surface area contributed by atoms with Crippen LogP contribution in [0, 0.1) is 12.7 Å². The number of amides is 2. The van der Waals surface area contributed by atoms with Crippen LogP contribution in [0.2, 0.25) is 5.02 Å². The largest absolute Gasteiger partial charge is 0.352 e. The third-order valence-electron chi connectivity index (χ3n) is 8.27. The summed E-state index contributed by atoms with van der Waals surface area (Å²) >= 11 is 6.05. The highest BCUT2D eigenvalue weighted by Gasteiger charge is 2.36. The van der Waals surface area contributed by atoms with Crippen molar-refractivity contribution in [1.29, 1.82) is 0 Å². The van der Waals surface area contributed by atoms with Crippen molar-refractivity contribution >= 4 is 39.1 Å². The number of nitrogens with one attached hydrogen (secondary N) is 1. The molecule has 0 spiro atoms. The first kappa shape index (κ1) is 33.2. The van der Waals surface area contributed by atoms with Gasteiger partial charge in [-0.3, -0.25) is 13.9 Å². The Bertz CT molecular complexity index is 1750. The highest BCUT2D eigenvalue weighted by Crippen LogP contribution is 2.27. The molecule has 10 heteroatoms. The molecule has 0 saturated heterocycles. The molecule has 0 aromatic heterocycles. The topological polar surface area (TPSA) is 86.8 Å². The first-order valence-corrected chi connectivity index (χ1v) is 17.2. The lowest BCUT2D eigenvalue weighted by atomic mass is 10.0. The Morgan fingerprint density at radius 2 is 1.52 bits per heavy atom. The zero-order valence-corrected chi connectivity index (χ0v) is 27.2. The van der Waals surface area contributed by atoms with E-state index in [4.69, 9.17) is 11.6 Å². The second-order valence-electron chi connectivity index (χ2n) is 11.6. The lowest BCUT2D eigenvalue weighted by molar-refractivity contribution is -0.140. The molecule has 0 heterocycles. The molecule has 46 heavy (non-hydrogen) atoms. The van der Waals surface area contributed by atoms with Gasteiger partial charge in [0.1, 0.15) is 18.4 Å². The predicted octanol–water partition coefficient (Wildman–Crippen LogP) is 6.68. The number of nitrogens with zero attached hydrogens (tertiary/aromatic N) is 2. The summed E-state index contributed by atoms with van der Waals surface area (Å²) in [5.74, 6) is -1.54. The minimum atomic E-state index is -4.26. The minimum absolute atomic E-state index is 0.0227. The van der Waals surface area contributed by atoms with Gasteiger partial charge in [0.15, 0.2) is 0 Å². The van der Waals surface area contributed by atoms with E-state index in [1.165, 1.54) is 35.2 Å². The Morgan fingerprint density at radius 1 is 0.891 bits per heavy atom. The molecular weight excluding hydrogens is 625 g/mol. The maximum atomic E-state index is 15.1. The van der Waals surface area contributed by atoms with Crippen LogP contribution in [0.15, 0.2) is 108 Å². The Morgan fingerprint density at radius 3 is 2.17 bits per heavy atom. The second-order valence-corrected chi connectivity index (χ2v) is 13.9. The normalized spacial score (nSPS) is 14.1. The first-order chi connectivity index (χ1) is 22.1. The summed E-state index contributed by atoms with van der Waals surface area (Å²) in [6, 6.07) is 26.8. The van der Waals surface area contributed by atoms with E-state index in [1.54, 1.807) is 42.5 Å². The molecule has 1 saturated carbocycles. The molecule has 1 aliphatic carbocycles. The van der Waals surface area contributed by atoms with Crippen molar-refractivity contribution in [2.75, 3.05) is 10.8 Å². The summed E-state index contributed by atoms with van der Waals surface area (Å²) in [6.45, 7) is 1.02. The molecule has 0 aliphatic heterocycles. The second kappa shape index (κ2) is 14.9. The quantitative estimate of drug-likeness (QED) is 0.184. The number of hydrogen-bond acceptors (Lipinski definition) is 4. The Labute approximate surface area is 275 Å². The van der Waals surface area contributed by atoms with Gasteiger partial charge in [0.05, 0.1) is 10.6 Å². The van der Waals surface area contributed by atoms with Gasteiger partial charge in [-0.1, -0.05) is 90.7 Å². The fourth-order valence-corrected chi connectivity index (χ4v) is 7.25. The smallest absolute Gasteiger partial charge is 0.264 e. The number of aryl methyl sites for hydroxylation is 1. The molecule has 4 aromatic carbocycles. The lowest BCUT2D eigenvalue weighted by Gasteiger charge is -2.34. The van der Waals surface area contributed by atoms with Gasteiger partial charge >= 0.3 is 0 Å². The summed E-state index contributed by atoms with van der Waals surface area (Å²) in [6.07, 6.45) is 3.84. The van der Waals surface area contributed by atoms with Crippen LogP contribution in [0.1, 0.15) is 42.4 Å². The van der Waals surface area contributed by atoms with E-state index in [0.29, 0.717) is 5.02 Å². The molecule has 4 aromatic rings. The standard InChI is InChI=1S/C36H37ClFN3O4S/c1-26-15-19-31(20-16-26)41(46(44,45)32-21-17-29(37)18-22-32)25-35(42)40(24-28-11-5-8-14-33(28)38)34(23-27-9-3-2-4-10-27)36(43)39-30-12-6-7-13-30/h2-5,8-11,14-22,30,34H,6-7,12-13,23-25H2,1H3,(H,39,43)/t34-/m1/s1. The zero-order valence-electron chi connectivity index (χ0n) is 25.6. The van der Waals surface area contributed by atoms with Gasteiger partial charge in [0, 0.05) is 29.6 Å². The van der Waals surface area contributed by atoms with Gasteiger partial charge in [0.2, 0.25) is 11.8 Å². The Kier molecular flexibility index (Phi) is 10.8. The molecule has 0 radical (unpaired) electrons. The van der Waals surface area contributed by atoms with E-state index in [1.807, 2.05) is 37.3 Å². The summed E-state index contributed by atoms with van der Waals surface area (Å²) in [4.78, 5) is 29.8. The van der Waals surface area contributed by atoms with Crippen LogP contribution >= 0.6 is 11.6 Å². The van der Waals surface area contributed by atoms with Crippen molar-refractivity contribution < 1.29 is 22.4 Å². The van der Waals surface area contributed by atoms with E-state index in [9.17, 15) is 18.0 Å². The number of sulfonamides is 1. The molecular formula is C36H37ClFN3O4S. The number of hydrogen-bond donors (Lipinski definition) is 1. The van der Waals surface area contributed by atoms with Crippen molar-refractivity contribution in [2.45, 2.75) is 62.6 Å². The van der Waals surface area contributed by atoms with Gasteiger partial charge in [-0.15, -0.1) is 0 Å². The van der Waals surface area contributed by atoms with Crippen molar-refractivity contribution in [3.05, 3.63) is 131 Å². The lowest BCUT2D eigenvalue weighted by Crippen LogP contribution is -2.54. The van der Waals surface area contributed by atoms with Crippen LogP contribution in [-0.4, -0.2) is 43.8 Å². The first-order valence-electron chi connectivity index (χ1n) is 15.3. The van der Waals surface area contributed by atoms with Gasteiger partial charge in [-0.2, -0.15) is 0 Å². The Balaban J connectivity index is 1.57. The van der Waals surface area contributed by atoms with E-state index in [-0.39, 0.29) is 41.1 Å². The molecule has 1 fully saturated rings. The van der Waals surface area contributed by atoms with Crippen LogP contribution in [0.25, 0.3) is 0 Å². The van der Waals surface area contributed by atoms with E-state index >= 15 is 4.39 Å². The fraction of sp³-hybridized carbons (Fsp3) is 0.278. The summed E-state index contributed by atoms with van der Waals surface area (Å²) in [5.41, 5.74) is 2.20. The van der Waals surface area contributed by atoms with Gasteiger partial charge in [0.25, 0.3) is 10.0 Å². The number of carbonyl (C=O) groups excluding carboxylic acids is 2. The predicted molar refractivity (Wildman–Crippen MR) is 178 cm³/mol. The highest BCUT2D eigenvalue weighted by molar-refractivity contribution is 7.92. The van der Waals surface area contributed by atoms with Crippen LogP contribution in [0.5, 0.6) is 0 Å². The molecule has 1 atom stereocenters. The third kappa shape index (κ3) is 8.13. The third-order valence-corrected chi connectivity index (χ3v) is 10.3. The molecule has 5 rings (SSSR count). The van der Waals surface area contributed by atoms with Crippen molar-refractivity contribution in [3.8, 4) is 0 Å². The van der Waals surface area contributed by atoms with Crippen LogP contribution in [0.3, 0.4) is 0 Å². The van der Waals surface area contributed by atoms with Gasteiger partial charge < -0.3 is 10.2 Å². The summed E-state index contributed by atoms with van der Waals surface area (Å²) in [7, 11) is -4.26. The molecule has 0 unspecified atom stereocenters. The average molecular weight is 662 g/mol. The van der Waals surface area contributed by atoms with Gasteiger partial charge in [-0.25, -0.2) is 12.8 Å². The maximum Gasteiger partial charge on any atom is 0.264 e. The fourth-order valence-electron chi connectivity index (χ4n) is 5.71. The highest BCUT2D eigenvalue weighted by atomic mass is 35.5. The SMILES string of the molecule is Cc1ccc(N(CC(=O)N(Cc2ccccc2F)[C@H](Cc2ccccc2)C(=O)NC2CCCC2)S(=O)(=O)c2ccc(Cl)cc2)cc1. The molecule has 1 aliphatic rings. The van der Waals surface area contributed by atoms with Crippen molar-refractivity contribution in [1.82, 2.24) is 10.2 Å². The van der Waals surface area contributed by atoms with Crippen LogP contribution < -0.4 is 9.62 Å². The average Bonchev–Trinajstić information content (AvgIpc) is 3.56. The van der Waals surface area contributed by atoms with E-state index < -0.39 is 34.3 Å². The van der Waals surface area contributed by atoms with Crippen molar-refractivity contribution in [3.63, 3.8) is 0 Å². The number of rotatable bonds is 12. The molecule has 240 valence electrons. The number of benzene rings is 4. The van der Waals surface area contributed by atoms with Gasteiger partial charge in [-0.05, 0) is 67.8 Å². The minimum Gasteiger partial charge on any atom is -0.352 e. The van der Waals surface area contributed by atoms with Crippen molar-refractivity contribution in [2.24, 2.45) is 0 Å². The summed E-state index contributed by atoms with van der Waals surface area (Å²) < 4.78 is 44.3. The Hall–Kier alpha value is -4.21. The summed E-state index contributed by atoms with van der Waals surface area (Å²) in [5, 5.41) is 3.48. The van der Waals surface area contributed by atoms with Crippen LogP contribution in [0.4, 0.5) is 10.1 Å². The number of carbonyl (C=O) groups is 2.